The molecule has 0 aliphatic carbocycles. The Kier molecular flexibility index (Phi) is 4.86. The number of hydrogen-bond donors (Lipinski definition) is 2. The number of aromatic hydroxyl groups is 1. The fourth-order valence-electron chi connectivity index (χ4n) is 2.81. The van der Waals surface area contributed by atoms with Crippen molar-refractivity contribution in [2.75, 3.05) is 7.11 Å². The molecule has 0 saturated carbocycles. The minimum atomic E-state index is -0.707. The third kappa shape index (κ3) is 3.88. The monoisotopic (exact) mass is 398 g/mol. The topological polar surface area (TPSA) is 124 Å². The molecule has 4 rings (SSSR count). The van der Waals surface area contributed by atoms with Crippen molar-refractivity contribution in [3.63, 3.8) is 0 Å². The molecule has 0 aliphatic rings. The van der Waals surface area contributed by atoms with Gasteiger partial charge in [0.15, 0.2) is 23.0 Å². The molecule has 0 amide bonds. The summed E-state index contributed by atoms with van der Waals surface area (Å²) in [7, 11) is 1.52. The number of hydrogen-bond acceptors (Lipinski definition) is 8. The Morgan fingerprint density at radius 1 is 1.21 bits per heavy atom. The van der Waals surface area contributed by atoms with E-state index in [0.29, 0.717) is 34.6 Å². The second-order valence-corrected chi connectivity index (χ2v) is 6.24. The molecule has 0 spiro atoms. The Labute approximate surface area is 164 Å². The molecule has 9 heteroatoms. The van der Waals surface area contributed by atoms with Crippen molar-refractivity contribution in [3.8, 4) is 29.0 Å². The number of oxazole rings is 2. The van der Waals surface area contributed by atoms with Crippen molar-refractivity contribution in [1.82, 2.24) is 9.97 Å². The smallest absolute Gasteiger partial charge is 0.419 e. The van der Waals surface area contributed by atoms with Crippen LogP contribution in [-0.4, -0.2) is 22.2 Å². The number of aromatic nitrogens is 2. The number of furan rings is 1. The molecule has 2 N–H and O–H groups in total. The molecule has 0 fully saturated rings. The van der Waals surface area contributed by atoms with Crippen LogP contribution in [0.3, 0.4) is 0 Å². The first kappa shape index (κ1) is 18.5. The molecular weight excluding hydrogens is 380 g/mol. The summed E-state index contributed by atoms with van der Waals surface area (Å²) >= 11 is 0. The highest BCUT2D eigenvalue weighted by molar-refractivity contribution is 5.46. The van der Waals surface area contributed by atoms with Gasteiger partial charge in [-0.15, -0.1) is 0 Å². The largest absolute Gasteiger partial charge is 0.493 e. The molecule has 0 aliphatic heterocycles. The average molecular weight is 398 g/mol. The van der Waals surface area contributed by atoms with Gasteiger partial charge in [0.05, 0.1) is 13.4 Å². The second-order valence-electron chi connectivity index (χ2n) is 6.24. The Hall–Kier alpha value is -3.88. The first-order chi connectivity index (χ1) is 14.0. The normalized spacial score (nSPS) is 11.0. The molecule has 1 aromatic carbocycles. The van der Waals surface area contributed by atoms with Crippen LogP contribution in [0.4, 0.5) is 0 Å². The number of aryl methyl sites for hydroxylation is 1. The van der Waals surface area contributed by atoms with Crippen molar-refractivity contribution in [2.45, 2.75) is 20.0 Å². The van der Waals surface area contributed by atoms with Gasteiger partial charge in [-0.1, -0.05) is 6.07 Å². The maximum atomic E-state index is 11.2. The van der Waals surface area contributed by atoms with Gasteiger partial charge in [0.1, 0.15) is 18.1 Å². The predicted molar refractivity (Wildman–Crippen MR) is 100 cm³/mol. The molecule has 0 atom stereocenters. The lowest BCUT2D eigenvalue weighted by molar-refractivity contribution is 0.279. The van der Waals surface area contributed by atoms with E-state index in [-0.39, 0.29) is 24.7 Å². The molecule has 4 aromatic rings. The maximum absolute atomic E-state index is 11.2. The van der Waals surface area contributed by atoms with Crippen LogP contribution >= 0.6 is 0 Å². The Morgan fingerprint density at radius 2 is 2.07 bits per heavy atom. The fourth-order valence-corrected chi connectivity index (χ4v) is 2.81. The van der Waals surface area contributed by atoms with Gasteiger partial charge in [-0.05, 0) is 36.8 Å². The highest BCUT2D eigenvalue weighted by Gasteiger charge is 2.16. The van der Waals surface area contributed by atoms with Crippen molar-refractivity contribution in [2.24, 2.45) is 0 Å². The minimum absolute atomic E-state index is 0.148. The van der Waals surface area contributed by atoms with Gasteiger partial charge in [-0.25, -0.2) is 9.78 Å². The molecule has 150 valence electrons. The van der Waals surface area contributed by atoms with Crippen molar-refractivity contribution >= 4 is 0 Å². The standard InChI is InChI=1S/C20H18N2O7/c1-11-13(21-19(28-11)15-4-3-7-26-15)10-27-14-6-5-12(8-16(14)25-2)9-17-18(23)22-20(24)29-17/h3-8,23H,9-10H2,1-2H3,(H,22,24). The molecule has 9 nitrogen and oxygen atoms in total. The number of methoxy groups -OCH3 is 1. The van der Waals surface area contributed by atoms with Gasteiger partial charge in [0, 0.05) is 6.42 Å². The first-order valence-electron chi connectivity index (χ1n) is 8.74. The van der Waals surface area contributed by atoms with Crippen LogP contribution < -0.4 is 15.2 Å². The summed E-state index contributed by atoms with van der Waals surface area (Å²) in [4.78, 5) is 17.7. The molecule has 3 aromatic heterocycles. The third-order valence-corrected chi connectivity index (χ3v) is 4.28. The summed E-state index contributed by atoms with van der Waals surface area (Å²) < 4.78 is 27.1. The van der Waals surface area contributed by atoms with Crippen LogP contribution in [0.25, 0.3) is 11.7 Å². The molecule has 0 unspecified atom stereocenters. The average Bonchev–Trinajstić information content (AvgIpc) is 3.42. The summed E-state index contributed by atoms with van der Waals surface area (Å²) in [6.45, 7) is 1.98. The van der Waals surface area contributed by atoms with Gasteiger partial charge >= 0.3 is 5.76 Å². The Balaban J connectivity index is 1.49. The molecule has 29 heavy (non-hydrogen) atoms. The number of rotatable bonds is 7. The SMILES string of the molecule is COc1cc(Cc2oc(=O)[nH]c2O)ccc1OCc1nc(-c2ccco2)oc1C. The van der Waals surface area contributed by atoms with Crippen molar-refractivity contribution < 1.29 is 27.8 Å². The zero-order valence-electron chi connectivity index (χ0n) is 15.7. The van der Waals surface area contributed by atoms with Crippen molar-refractivity contribution in [3.05, 3.63) is 69.9 Å². The third-order valence-electron chi connectivity index (χ3n) is 4.28. The van der Waals surface area contributed by atoms with Crippen molar-refractivity contribution in [1.29, 1.82) is 0 Å². The zero-order chi connectivity index (χ0) is 20.4. The molecule has 0 radical (unpaired) electrons. The second kappa shape index (κ2) is 7.63. The van der Waals surface area contributed by atoms with Gasteiger partial charge < -0.3 is 27.8 Å². The number of benzene rings is 1. The number of H-pyrrole nitrogens is 1. The van der Waals surface area contributed by atoms with Crippen LogP contribution in [0.1, 0.15) is 22.8 Å². The lowest BCUT2D eigenvalue weighted by Gasteiger charge is -2.11. The number of ether oxygens (including phenoxy) is 2. The van der Waals surface area contributed by atoms with Gasteiger partial charge in [-0.2, -0.15) is 0 Å². The van der Waals surface area contributed by atoms with Gasteiger partial charge in [0.25, 0.3) is 5.89 Å². The molecule has 0 bridgehead atoms. The van der Waals surface area contributed by atoms with Crippen LogP contribution in [0.15, 0.2) is 54.6 Å². The van der Waals surface area contributed by atoms with E-state index in [9.17, 15) is 9.90 Å². The number of nitrogens with zero attached hydrogens (tertiary/aromatic N) is 1. The molecule has 3 heterocycles. The van der Waals surface area contributed by atoms with E-state index in [1.54, 1.807) is 43.5 Å². The minimum Gasteiger partial charge on any atom is -0.493 e. The summed E-state index contributed by atoms with van der Waals surface area (Å²) in [6, 6.07) is 8.79. The van der Waals surface area contributed by atoms with Crippen LogP contribution in [0, 0.1) is 6.92 Å². The summed E-state index contributed by atoms with van der Waals surface area (Å²) in [5.74, 6) is 1.72. The molecule has 0 saturated heterocycles. The summed E-state index contributed by atoms with van der Waals surface area (Å²) in [5.41, 5.74) is 1.41. The van der Waals surface area contributed by atoms with Gasteiger partial charge in [-0.3, -0.25) is 4.98 Å². The predicted octanol–water partition coefficient (Wildman–Crippen LogP) is 3.41. The van der Waals surface area contributed by atoms with E-state index >= 15 is 0 Å². The summed E-state index contributed by atoms with van der Waals surface area (Å²) in [5, 5.41) is 9.65. The van der Waals surface area contributed by atoms with E-state index < -0.39 is 5.76 Å². The maximum Gasteiger partial charge on any atom is 0.419 e. The summed E-state index contributed by atoms with van der Waals surface area (Å²) in [6.07, 6.45) is 1.77. The number of aromatic amines is 1. The fraction of sp³-hybridized carbons (Fsp3) is 0.200. The highest BCUT2D eigenvalue weighted by atomic mass is 16.5. The first-order valence-corrected chi connectivity index (χ1v) is 8.74. The Morgan fingerprint density at radius 3 is 2.76 bits per heavy atom. The Bertz CT molecular complexity index is 1170. The van der Waals surface area contributed by atoms with E-state index in [1.165, 1.54) is 7.11 Å². The van der Waals surface area contributed by atoms with Crippen LogP contribution in [0.5, 0.6) is 17.4 Å². The van der Waals surface area contributed by atoms with E-state index in [1.807, 2.05) is 0 Å². The number of nitrogens with one attached hydrogen (secondary N) is 1. The van der Waals surface area contributed by atoms with E-state index in [2.05, 4.69) is 9.97 Å². The van der Waals surface area contributed by atoms with Crippen LogP contribution in [-0.2, 0) is 13.0 Å². The lowest BCUT2D eigenvalue weighted by Crippen LogP contribution is -2.00. The van der Waals surface area contributed by atoms with E-state index in [4.69, 9.17) is 22.7 Å². The quantitative estimate of drug-likeness (QED) is 0.485. The molecular formula is C20H18N2O7. The zero-order valence-corrected chi connectivity index (χ0v) is 15.7. The highest BCUT2D eigenvalue weighted by Crippen LogP contribution is 2.31. The lowest BCUT2D eigenvalue weighted by atomic mass is 10.1. The van der Waals surface area contributed by atoms with E-state index in [0.717, 1.165) is 5.56 Å². The van der Waals surface area contributed by atoms with Gasteiger partial charge in [0.2, 0.25) is 5.88 Å². The van der Waals surface area contributed by atoms with Crippen LogP contribution in [0.2, 0.25) is 0 Å².